The van der Waals surface area contributed by atoms with Gasteiger partial charge in [0.25, 0.3) is 0 Å². The van der Waals surface area contributed by atoms with Crippen molar-refractivity contribution in [3.05, 3.63) is 0 Å². The molecule has 1 saturated carbocycles. The van der Waals surface area contributed by atoms with E-state index in [0.29, 0.717) is 6.04 Å². The first-order valence-corrected chi connectivity index (χ1v) is 7.18. The predicted octanol–water partition coefficient (Wildman–Crippen LogP) is 2.02. The Kier molecular flexibility index (Phi) is 4.43. The highest BCUT2D eigenvalue weighted by Gasteiger charge is 2.26. The second-order valence-corrected chi connectivity index (χ2v) is 6.06. The molecule has 0 aromatic heterocycles. The second-order valence-electron chi connectivity index (χ2n) is 6.06. The van der Waals surface area contributed by atoms with Crippen molar-refractivity contribution >= 4 is 5.91 Å². The van der Waals surface area contributed by atoms with Gasteiger partial charge in [0.15, 0.2) is 0 Å². The fraction of sp³-hybridized carbons (Fsp3) is 0.929. The van der Waals surface area contributed by atoms with E-state index >= 15 is 0 Å². The number of nitrogens with zero attached hydrogens (tertiary/aromatic N) is 1. The molecule has 1 heterocycles. The van der Waals surface area contributed by atoms with Gasteiger partial charge >= 0.3 is 0 Å². The number of hydrogen-bond acceptors (Lipinski definition) is 2. The van der Waals surface area contributed by atoms with Crippen LogP contribution in [0.15, 0.2) is 0 Å². The minimum Gasteiger partial charge on any atom is -0.352 e. The van der Waals surface area contributed by atoms with Gasteiger partial charge in [-0.2, -0.15) is 0 Å². The summed E-state index contributed by atoms with van der Waals surface area (Å²) in [5.74, 6) is 1.26. The molecular weight excluding hydrogens is 212 g/mol. The third-order valence-corrected chi connectivity index (χ3v) is 4.12. The van der Waals surface area contributed by atoms with Crippen molar-refractivity contribution in [2.45, 2.75) is 52.0 Å². The summed E-state index contributed by atoms with van der Waals surface area (Å²) >= 11 is 0. The van der Waals surface area contributed by atoms with E-state index in [1.165, 1.54) is 38.8 Å². The van der Waals surface area contributed by atoms with Crippen LogP contribution >= 0.6 is 0 Å². The molecule has 0 bridgehead atoms. The molecule has 17 heavy (non-hydrogen) atoms. The van der Waals surface area contributed by atoms with E-state index in [0.717, 1.165) is 18.9 Å². The van der Waals surface area contributed by atoms with Gasteiger partial charge < -0.3 is 10.2 Å². The van der Waals surface area contributed by atoms with Gasteiger partial charge in [-0.15, -0.1) is 0 Å². The molecule has 2 aliphatic rings. The maximum absolute atomic E-state index is 11.7. The first-order chi connectivity index (χ1) is 8.15. The Morgan fingerprint density at radius 1 is 1.29 bits per heavy atom. The molecule has 0 spiro atoms. The molecule has 1 aliphatic heterocycles. The molecule has 1 aliphatic carbocycles. The van der Waals surface area contributed by atoms with Crippen molar-refractivity contribution in [1.82, 2.24) is 10.2 Å². The smallest absolute Gasteiger partial charge is 0.222 e. The number of carbonyl (C=O) groups is 1. The molecule has 1 amide bonds. The molecule has 1 unspecified atom stereocenters. The summed E-state index contributed by atoms with van der Waals surface area (Å²) in [6.45, 7) is 7.47. The Morgan fingerprint density at radius 3 is 2.65 bits per heavy atom. The fourth-order valence-electron chi connectivity index (χ4n) is 2.75. The minimum absolute atomic E-state index is 0.108. The highest BCUT2D eigenvalue weighted by Crippen LogP contribution is 2.28. The summed E-state index contributed by atoms with van der Waals surface area (Å²) in [6.07, 6.45) is 6.64. The molecule has 0 aromatic carbocycles. The third-order valence-electron chi connectivity index (χ3n) is 4.12. The zero-order chi connectivity index (χ0) is 12.3. The topological polar surface area (TPSA) is 32.3 Å². The number of nitrogens with one attached hydrogen (secondary N) is 1. The highest BCUT2D eigenvalue weighted by atomic mass is 16.1. The molecule has 1 saturated heterocycles. The van der Waals surface area contributed by atoms with E-state index < -0.39 is 0 Å². The molecule has 1 N–H and O–H groups in total. The zero-order valence-corrected chi connectivity index (χ0v) is 11.2. The first-order valence-electron chi connectivity index (χ1n) is 7.18. The van der Waals surface area contributed by atoms with Crippen LogP contribution in [0.3, 0.4) is 0 Å². The summed E-state index contributed by atoms with van der Waals surface area (Å²) in [5.41, 5.74) is 0. The van der Waals surface area contributed by atoms with Gasteiger partial charge in [0.1, 0.15) is 0 Å². The van der Waals surface area contributed by atoms with E-state index in [1.54, 1.807) is 0 Å². The van der Waals surface area contributed by atoms with E-state index in [9.17, 15) is 4.79 Å². The third kappa shape index (κ3) is 3.70. The Bertz CT molecular complexity index is 261. The van der Waals surface area contributed by atoms with Crippen molar-refractivity contribution in [2.24, 2.45) is 11.8 Å². The fourth-order valence-corrected chi connectivity index (χ4v) is 2.75. The van der Waals surface area contributed by atoms with Crippen LogP contribution in [0.2, 0.25) is 0 Å². The average Bonchev–Trinajstić information content (AvgIpc) is 2.24. The number of carbonyl (C=O) groups excluding carboxylic acids is 1. The van der Waals surface area contributed by atoms with Gasteiger partial charge in [-0.1, -0.05) is 20.3 Å². The first kappa shape index (κ1) is 12.9. The summed E-state index contributed by atoms with van der Waals surface area (Å²) in [7, 11) is 0. The van der Waals surface area contributed by atoms with Gasteiger partial charge in [0.05, 0.1) is 0 Å². The van der Waals surface area contributed by atoms with Crippen molar-refractivity contribution in [3.63, 3.8) is 0 Å². The number of hydrogen-bond donors (Lipinski definition) is 1. The Hall–Kier alpha value is -0.570. The zero-order valence-electron chi connectivity index (χ0n) is 11.2. The number of likely N-dealkylation sites (tertiary alicyclic amines) is 1. The molecule has 1 atom stereocenters. The van der Waals surface area contributed by atoms with E-state index in [2.05, 4.69) is 10.2 Å². The van der Waals surface area contributed by atoms with Crippen LogP contribution in [0.4, 0.5) is 0 Å². The van der Waals surface area contributed by atoms with Crippen molar-refractivity contribution in [2.75, 3.05) is 19.6 Å². The summed E-state index contributed by atoms with van der Waals surface area (Å²) in [6, 6.07) is 0.388. The van der Waals surface area contributed by atoms with Crippen LogP contribution in [0.5, 0.6) is 0 Å². The predicted molar refractivity (Wildman–Crippen MR) is 69.8 cm³/mol. The van der Waals surface area contributed by atoms with Crippen LogP contribution in [-0.2, 0) is 4.79 Å². The van der Waals surface area contributed by atoms with Crippen molar-refractivity contribution < 1.29 is 4.79 Å². The van der Waals surface area contributed by atoms with Crippen LogP contribution in [0.1, 0.15) is 46.0 Å². The van der Waals surface area contributed by atoms with Crippen molar-refractivity contribution in [1.29, 1.82) is 0 Å². The lowest BCUT2D eigenvalue weighted by Crippen LogP contribution is -2.50. The second kappa shape index (κ2) is 5.85. The number of amides is 1. The monoisotopic (exact) mass is 238 g/mol. The van der Waals surface area contributed by atoms with Crippen LogP contribution < -0.4 is 5.32 Å². The van der Waals surface area contributed by atoms with Crippen LogP contribution in [-0.4, -0.2) is 36.5 Å². The summed E-state index contributed by atoms with van der Waals surface area (Å²) in [4.78, 5) is 14.2. The van der Waals surface area contributed by atoms with Gasteiger partial charge in [0.2, 0.25) is 5.91 Å². The van der Waals surface area contributed by atoms with Crippen LogP contribution in [0, 0.1) is 11.8 Å². The average molecular weight is 238 g/mol. The lowest BCUT2D eigenvalue weighted by molar-refractivity contribution is -0.125. The Morgan fingerprint density at radius 2 is 2.06 bits per heavy atom. The molecule has 2 rings (SSSR count). The van der Waals surface area contributed by atoms with E-state index in [1.807, 2.05) is 13.8 Å². The molecular formula is C14H26N2O. The Labute approximate surface area is 105 Å². The summed E-state index contributed by atoms with van der Waals surface area (Å²) in [5, 5.41) is 3.18. The van der Waals surface area contributed by atoms with Gasteiger partial charge in [0, 0.05) is 25.0 Å². The van der Waals surface area contributed by atoms with Gasteiger partial charge in [-0.3, -0.25) is 4.79 Å². The molecule has 0 aromatic rings. The molecule has 98 valence electrons. The maximum Gasteiger partial charge on any atom is 0.222 e. The minimum atomic E-state index is 0.108. The summed E-state index contributed by atoms with van der Waals surface area (Å²) < 4.78 is 0. The van der Waals surface area contributed by atoms with Gasteiger partial charge in [-0.25, -0.2) is 0 Å². The molecule has 3 nitrogen and oxygen atoms in total. The van der Waals surface area contributed by atoms with Gasteiger partial charge in [-0.05, 0) is 38.1 Å². The van der Waals surface area contributed by atoms with Crippen LogP contribution in [0.25, 0.3) is 0 Å². The lowest BCUT2D eigenvalue weighted by Gasteiger charge is -2.37. The van der Waals surface area contributed by atoms with Crippen molar-refractivity contribution in [3.8, 4) is 0 Å². The number of piperidine rings is 1. The molecule has 3 heteroatoms. The SMILES string of the molecule is CC(C)C(=O)NC1CCCN(CC2CCC2)C1. The quantitative estimate of drug-likeness (QED) is 0.812. The molecule has 2 fully saturated rings. The normalized spacial score (nSPS) is 26.9. The van der Waals surface area contributed by atoms with E-state index in [4.69, 9.17) is 0 Å². The maximum atomic E-state index is 11.7. The lowest BCUT2D eigenvalue weighted by atomic mass is 9.84. The molecule has 0 radical (unpaired) electrons. The number of rotatable bonds is 4. The standard InChI is InChI=1S/C14H26N2O/c1-11(2)14(17)15-13-7-4-8-16(10-13)9-12-5-3-6-12/h11-13H,3-10H2,1-2H3,(H,15,17). The largest absolute Gasteiger partial charge is 0.352 e. The highest BCUT2D eigenvalue weighted by molar-refractivity contribution is 5.78. The van der Waals surface area contributed by atoms with E-state index in [-0.39, 0.29) is 11.8 Å². The Balaban J connectivity index is 1.73.